The number of H-pyrrole nitrogens is 1. The summed E-state index contributed by atoms with van der Waals surface area (Å²) in [7, 11) is 1.67. The normalized spacial score (nSPS) is 10.5. The number of aliphatic carboxylic acids is 1. The lowest BCUT2D eigenvalue weighted by Gasteiger charge is -1.94. The van der Waals surface area contributed by atoms with Gasteiger partial charge in [-0.25, -0.2) is 4.68 Å². The first-order valence-corrected chi connectivity index (χ1v) is 6.00. The van der Waals surface area contributed by atoms with Crippen LogP contribution in [0, 0.1) is 0 Å². The van der Waals surface area contributed by atoms with Gasteiger partial charge in [-0.1, -0.05) is 17.8 Å². The van der Waals surface area contributed by atoms with Gasteiger partial charge in [-0.3, -0.25) is 9.59 Å². The molecule has 0 spiro atoms. The predicted octanol–water partition coefficient (Wildman–Crippen LogP) is 0.347. The number of thioether (sulfide) groups is 1. The molecule has 2 aromatic heterocycles. The highest BCUT2D eigenvalue weighted by Gasteiger charge is 2.11. The molecule has 2 heterocycles. The van der Waals surface area contributed by atoms with E-state index in [0.717, 1.165) is 11.8 Å². The zero-order valence-electron chi connectivity index (χ0n) is 9.45. The molecule has 0 saturated carbocycles. The Hall–Kier alpha value is -2.09. The predicted molar refractivity (Wildman–Crippen MR) is 65.4 cm³/mol. The van der Waals surface area contributed by atoms with Gasteiger partial charge in [-0.05, 0) is 6.07 Å². The standard InChI is InChI=1S/C10H10N4O3S/c1-14-10(18-5-8(16)17)12-9(13-14)6-3-2-4-7(15)11-6/h2-4H,5H2,1H3,(H,11,15)(H,16,17). The first kappa shape index (κ1) is 12.4. The molecule has 94 valence electrons. The molecule has 0 amide bonds. The van der Waals surface area contributed by atoms with Crippen LogP contribution in [0.5, 0.6) is 0 Å². The van der Waals surface area contributed by atoms with Crippen LogP contribution in [0.1, 0.15) is 0 Å². The number of hydrogen-bond acceptors (Lipinski definition) is 5. The minimum atomic E-state index is -0.919. The van der Waals surface area contributed by atoms with Gasteiger partial charge in [0.2, 0.25) is 5.56 Å². The summed E-state index contributed by atoms with van der Waals surface area (Å²) < 4.78 is 1.48. The van der Waals surface area contributed by atoms with E-state index >= 15 is 0 Å². The van der Waals surface area contributed by atoms with Crippen molar-refractivity contribution in [1.29, 1.82) is 0 Å². The summed E-state index contributed by atoms with van der Waals surface area (Å²) in [5.41, 5.74) is 0.264. The van der Waals surface area contributed by atoms with Gasteiger partial charge in [0.05, 0.1) is 11.4 Å². The van der Waals surface area contributed by atoms with E-state index in [0.29, 0.717) is 16.7 Å². The molecule has 0 bridgehead atoms. The SMILES string of the molecule is Cn1nc(-c2cccc(=O)[nH]2)nc1SCC(=O)O. The highest BCUT2D eigenvalue weighted by Crippen LogP contribution is 2.18. The number of aromatic amines is 1. The number of carbonyl (C=O) groups is 1. The fourth-order valence-corrected chi connectivity index (χ4v) is 1.95. The van der Waals surface area contributed by atoms with Crippen molar-refractivity contribution in [3.8, 4) is 11.5 Å². The zero-order chi connectivity index (χ0) is 13.1. The number of hydrogen-bond donors (Lipinski definition) is 2. The van der Waals surface area contributed by atoms with Gasteiger partial charge in [-0.2, -0.15) is 4.98 Å². The summed E-state index contributed by atoms with van der Waals surface area (Å²) in [5, 5.41) is 13.2. The van der Waals surface area contributed by atoms with Crippen molar-refractivity contribution in [2.75, 3.05) is 5.75 Å². The van der Waals surface area contributed by atoms with Crippen LogP contribution >= 0.6 is 11.8 Å². The molecule has 2 N–H and O–H groups in total. The number of carboxylic acids is 1. The first-order chi connectivity index (χ1) is 8.56. The van der Waals surface area contributed by atoms with Crippen molar-refractivity contribution in [3.63, 3.8) is 0 Å². The van der Waals surface area contributed by atoms with Crippen LogP contribution < -0.4 is 5.56 Å². The van der Waals surface area contributed by atoms with Gasteiger partial charge in [0.1, 0.15) is 0 Å². The van der Waals surface area contributed by atoms with E-state index in [2.05, 4.69) is 15.1 Å². The molecule has 0 unspecified atom stereocenters. The van der Waals surface area contributed by atoms with E-state index < -0.39 is 5.97 Å². The van der Waals surface area contributed by atoms with Crippen molar-refractivity contribution in [3.05, 3.63) is 28.6 Å². The third kappa shape index (κ3) is 2.77. The van der Waals surface area contributed by atoms with Gasteiger partial charge >= 0.3 is 5.97 Å². The summed E-state index contributed by atoms with van der Waals surface area (Å²) in [6, 6.07) is 4.68. The van der Waals surface area contributed by atoms with Crippen molar-refractivity contribution >= 4 is 17.7 Å². The Labute approximate surface area is 106 Å². The maximum absolute atomic E-state index is 11.2. The molecule has 0 fully saturated rings. The Balaban J connectivity index is 2.28. The smallest absolute Gasteiger partial charge is 0.313 e. The first-order valence-electron chi connectivity index (χ1n) is 5.01. The second kappa shape index (κ2) is 5.05. The van der Waals surface area contributed by atoms with Crippen LogP contribution in [0.15, 0.2) is 28.2 Å². The molecular weight excluding hydrogens is 256 g/mol. The van der Waals surface area contributed by atoms with E-state index in [1.54, 1.807) is 19.2 Å². The maximum Gasteiger partial charge on any atom is 0.313 e. The third-order valence-electron chi connectivity index (χ3n) is 2.06. The molecular formula is C10H10N4O3S. The van der Waals surface area contributed by atoms with Gasteiger partial charge in [0, 0.05) is 13.1 Å². The molecule has 8 heteroatoms. The monoisotopic (exact) mass is 266 g/mol. The molecule has 2 rings (SSSR count). The van der Waals surface area contributed by atoms with E-state index in [1.807, 2.05) is 0 Å². The number of carboxylic acid groups (broad SMARTS) is 1. The number of pyridine rings is 1. The van der Waals surface area contributed by atoms with Gasteiger partial charge in [0.15, 0.2) is 11.0 Å². The van der Waals surface area contributed by atoms with Crippen LogP contribution in [0.4, 0.5) is 0 Å². The van der Waals surface area contributed by atoms with Crippen molar-refractivity contribution in [2.45, 2.75) is 5.16 Å². The second-order valence-electron chi connectivity index (χ2n) is 3.45. The lowest BCUT2D eigenvalue weighted by atomic mass is 10.3. The molecule has 0 aromatic carbocycles. The lowest BCUT2D eigenvalue weighted by molar-refractivity contribution is -0.133. The average molecular weight is 266 g/mol. The van der Waals surface area contributed by atoms with Crippen molar-refractivity contribution < 1.29 is 9.90 Å². The number of aryl methyl sites for hydroxylation is 1. The molecule has 0 radical (unpaired) electrons. The van der Waals surface area contributed by atoms with Crippen LogP contribution in [0.3, 0.4) is 0 Å². The summed E-state index contributed by atoms with van der Waals surface area (Å²) in [5.74, 6) is -0.641. The van der Waals surface area contributed by atoms with Crippen LogP contribution in [-0.4, -0.2) is 36.6 Å². The highest BCUT2D eigenvalue weighted by molar-refractivity contribution is 7.99. The quantitative estimate of drug-likeness (QED) is 0.774. The minimum Gasteiger partial charge on any atom is -0.481 e. The molecule has 0 aliphatic carbocycles. The summed E-state index contributed by atoms with van der Waals surface area (Å²) in [6.07, 6.45) is 0. The highest BCUT2D eigenvalue weighted by atomic mass is 32.2. The van der Waals surface area contributed by atoms with E-state index in [4.69, 9.17) is 5.11 Å². The Morgan fingerprint density at radius 1 is 1.56 bits per heavy atom. The van der Waals surface area contributed by atoms with Gasteiger partial charge in [-0.15, -0.1) is 5.10 Å². The second-order valence-corrected chi connectivity index (χ2v) is 4.40. The zero-order valence-corrected chi connectivity index (χ0v) is 10.3. The lowest BCUT2D eigenvalue weighted by Crippen LogP contribution is -2.04. The molecule has 2 aromatic rings. The largest absolute Gasteiger partial charge is 0.481 e. The molecule has 18 heavy (non-hydrogen) atoms. The van der Waals surface area contributed by atoms with Crippen molar-refractivity contribution in [2.24, 2.45) is 7.05 Å². The minimum absolute atomic E-state index is 0.0860. The van der Waals surface area contributed by atoms with Crippen LogP contribution in [0.25, 0.3) is 11.5 Å². The van der Waals surface area contributed by atoms with Crippen LogP contribution in [0.2, 0.25) is 0 Å². The Morgan fingerprint density at radius 2 is 2.33 bits per heavy atom. The molecule has 7 nitrogen and oxygen atoms in total. The van der Waals surface area contributed by atoms with E-state index in [-0.39, 0.29) is 11.3 Å². The summed E-state index contributed by atoms with van der Waals surface area (Å²) in [6.45, 7) is 0. The molecule has 0 aliphatic heterocycles. The van der Waals surface area contributed by atoms with E-state index in [1.165, 1.54) is 10.7 Å². The van der Waals surface area contributed by atoms with Crippen molar-refractivity contribution in [1.82, 2.24) is 19.7 Å². The number of rotatable bonds is 4. The topological polar surface area (TPSA) is 101 Å². The molecule has 0 aliphatic rings. The Bertz CT molecular complexity index is 634. The summed E-state index contributed by atoms with van der Waals surface area (Å²) in [4.78, 5) is 28.4. The maximum atomic E-state index is 11.2. The number of nitrogens with one attached hydrogen (secondary N) is 1. The van der Waals surface area contributed by atoms with Gasteiger partial charge < -0.3 is 10.1 Å². The molecule has 0 saturated heterocycles. The Kier molecular flexibility index (Phi) is 3.47. The summed E-state index contributed by atoms with van der Waals surface area (Å²) >= 11 is 1.07. The number of aromatic nitrogens is 4. The van der Waals surface area contributed by atoms with Gasteiger partial charge in [0.25, 0.3) is 0 Å². The molecule has 0 atom stereocenters. The fraction of sp³-hybridized carbons (Fsp3) is 0.200. The third-order valence-corrected chi connectivity index (χ3v) is 3.06. The Morgan fingerprint density at radius 3 is 3.00 bits per heavy atom. The number of nitrogens with zero attached hydrogens (tertiary/aromatic N) is 3. The van der Waals surface area contributed by atoms with E-state index in [9.17, 15) is 9.59 Å². The average Bonchev–Trinajstić information content (AvgIpc) is 2.68. The van der Waals surface area contributed by atoms with Crippen LogP contribution in [-0.2, 0) is 11.8 Å². The fourth-order valence-electron chi connectivity index (χ4n) is 1.31.